The van der Waals surface area contributed by atoms with E-state index in [2.05, 4.69) is 17.8 Å². The first-order valence-electron chi connectivity index (χ1n) is 3.34. The van der Waals surface area contributed by atoms with E-state index < -0.39 is 0 Å². The Morgan fingerprint density at radius 2 is 1.56 bits per heavy atom. The fourth-order valence-corrected chi connectivity index (χ4v) is 1.05. The third-order valence-electron chi connectivity index (χ3n) is 1.58. The molecule has 0 bridgehead atoms. The second-order valence-corrected chi connectivity index (χ2v) is 2.36. The first-order chi connectivity index (χ1) is 4.39. The molecular weight excluding hydrogens is 116 g/mol. The van der Waals surface area contributed by atoms with Crippen LogP contribution in [0.5, 0.6) is 0 Å². The molecule has 3 nitrogen and oxygen atoms in total. The molecule has 0 saturated carbocycles. The van der Waals surface area contributed by atoms with E-state index >= 15 is 0 Å². The van der Waals surface area contributed by atoms with Crippen molar-refractivity contribution in [2.75, 3.05) is 20.1 Å². The zero-order valence-corrected chi connectivity index (χ0v) is 6.01. The van der Waals surface area contributed by atoms with E-state index in [9.17, 15) is 0 Å². The van der Waals surface area contributed by atoms with Gasteiger partial charge < -0.3 is 10.1 Å². The molecule has 1 fully saturated rings. The highest BCUT2D eigenvalue weighted by Gasteiger charge is 2.02. The molecule has 3 N–H and O–H groups in total. The average molecular weight is 132 g/mol. The smallest absolute Gasteiger partial charge is 0.00218 e. The van der Waals surface area contributed by atoms with Crippen molar-refractivity contribution in [2.24, 2.45) is 5.90 Å². The largest absolute Gasteiger partial charge is 0.320 e. The van der Waals surface area contributed by atoms with Crippen LogP contribution < -0.4 is 5.90 Å². The van der Waals surface area contributed by atoms with Crippen molar-refractivity contribution in [1.82, 2.24) is 4.90 Å². The lowest BCUT2D eigenvalue weighted by Gasteiger charge is -2.20. The van der Waals surface area contributed by atoms with Crippen LogP contribution in [0.2, 0.25) is 0 Å². The Morgan fingerprint density at radius 3 is 1.78 bits per heavy atom. The minimum absolute atomic E-state index is 1.32. The molecule has 0 amide bonds. The summed E-state index contributed by atoms with van der Waals surface area (Å²) in [6.07, 6.45) is 4.28. The predicted octanol–water partition coefficient (Wildman–Crippen LogP) is 0.436. The summed E-state index contributed by atoms with van der Waals surface area (Å²) in [5, 5.41) is 6.50. The van der Waals surface area contributed by atoms with Crippen molar-refractivity contribution in [2.45, 2.75) is 19.3 Å². The van der Waals surface area contributed by atoms with E-state index in [1.165, 1.54) is 32.4 Å². The van der Waals surface area contributed by atoms with Gasteiger partial charge in [0.2, 0.25) is 0 Å². The number of likely N-dealkylation sites (tertiary alicyclic amines) is 1. The van der Waals surface area contributed by atoms with E-state index in [0.29, 0.717) is 0 Å². The highest BCUT2D eigenvalue weighted by atomic mass is 16.4. The molecule has 56 valence electrons. The fraction of sp³-hybridized carbons (Fsp3) is 1.00. The third-order valence-corrected chi connectivity index (χ3v) is 1.58. The normalized spacial score (nSPS) is 20.3. The van der Waals surface area contributed by atoms with Crippen molar-refractivity contribution < 1.29 is 5.21 Å². The van der Waals surface area contributed by atoms with Gasteiger partial charge in [0.15, 0.2) is 0 Å². The number of hydrogen-bond donors (Lipinski definition) is 2. The van der Waals surface area contributed by atoms with Crippen LogP contribution in [0.3, 0.4) is 0 Å². The summed E-state index contributed by atoms with van der Waals surface area (Å²) in [5.74, 6) is 3.50. The Labute approximate surface area is 56.4 Å². The molecule has 3 heteroatoms. The third kappa shape index (κ3) is 4.39. The minimum Gasteiger partial charge on any atom is -0.320 e. The summed E-state index contributed by atoms with van der Waals surface area (Å²) in [7, 11) is 2.19. The topological polar surface area (TPSA) is 49.5 Å². The van der Waals surface area contributed by atoms with Crippen molar-refractivity contribution in [3.05, 3.63) is 0 Å². The maximum absolute atomic E-state index is 6.50. The van der Waals surface area contributed by atoms with Crippen molar-refractivity contribution in [3.63, 3.8) is 0 Å². The zero-order chi connectivity index (χ0) is 7.11. The van der Waals surface area contributed by atoms with Crippen LogP contribution in [-0.4, -0.2) is 30.2 Å². The van der Waals surface area contributed by atoms with Gasteiger partial charge in [-0.3, -0.25) is 0 Å². The molecule has 1 aliphatic rings. The van der Waals surface area contributed by atoms with E-state index in [4.69, 9.17) is 5.21 Å². The molecule has 1 aliphatic heterocycles. The molecule has 0 aliphatic carbocycles. The SMILES string of the molecule is CN1CCCCC1.NO. The van der Waals surface area contributed by atoms with Gasteiger partial charge in [-0.1, -0.05) is 6.42 Å². The molecule has 0 atom stereocenters. The summed E-state index contributed by atoms with van der Waals surface area (Å²) >= 11 is 0. The van der Waals surface area contributed by atoms with Gasteiger partial charge in [0.1, 0.15) is 0 Å². The number of nitrogens with two attached hydrogens (primary N) is 1. The van der Waals surface area contributed by atoms with Crippen LogP contribution >= 0.6 is 0 Å². The van der Waals surface area contributed by atoms with Gasteiger partial charge >= 0.3 is 0 Å². The molecule has 0 radical (unpaired) electrons. The summed E-state index contributed by atoms with van der Waals surface area (Å²) in [6, 6.07) is 0. The van der Waals surface area contributed by atoms with E-state index in [1.807, 2.05) is 0 Å². The monoisotopic (exact) mass is 132 g/mol. The van der Waals surface area contributed by atoms with E-state index in [-0.39, 0.29) is 0 Å². The summed E-state index contributed by atoms with van der Waals surface area (Å²) < 4.78 is 0. The Bertz CT molecular complexity index is 53.0. The molecule has 0 aromatic rings. The number of nitrogens with zero attached hydrogens (tertiary/aromatic N) is 1. The Morgan fingerprint density at radius 1 is 1.11 bits per heavy atom. The van der Waals surface area contributed by atoms with Crippen LogP contribution in [0.1, 0.15) is 19.3 Å². The maximum Gasteiger partial charge on any atom is -0.00218 e. The van der Waals surface area contributed by atoms with Gasteiger partial charge in [-0.05, 0) is 33.0 Å². The Hall–Kier alpha value is -0.120. The van der Waals surface area contributed by atoms with Crippen LogP contribution in [-0.2, 0) is 0 Å². The van der Waals surface area contributed by atoms with Crippen molar-refractivity contribution >= 4 is 0 Å². The van der Waals surface area contributed by atoms with Gasteiger partial charge in [-0.15, -0.1) is 0 Å². The molecule has 0 spiro atoms. The van der Waals surface area contributed by atoms with Gasteiger partial charge in [0.05, 0.1) is 0 Å². The van der Waals surface area contributed by atoms with Crippen molar-refractivity contribution in [1.29, 1.82) is 0 Å². The highest BCUT2D eigenvalue weighted by molar-refractivity contribution is 4.58. The van der Waals surface area contributed by atoms with Gasteiger partial charge in [0, 0.05) is 0 Å². The van der Waals surface area contributed by atoms with Crippen LogP contribution in [0.15, 0.2) is 0 Å². The zero-order valence-electron chi connectivity index (χ0n) is 6.01. The second-order valence-electron chi connectivity index (χ2n) is 2.36. The Balaban J connectivity index is 0.000000291. The molecule has 0 aromatic carbocycles. The van der Waals surface area contributed by atoms with Crippen LogP contribution in [0.25, 0.3) is 0 Å². The van der Waals surface area contributed by atoms with E-state index in [0.717, 1.165) is 0 Å². The van der Waals surface area contributed by atoms with Crippen LogP contribution in [0, 0.1) is 0 Å². The molecule has 0 aromatic heterocycles. The van der Waals surface area contributed by atoms with Gasteiger partial charge in [-0.2, -0.15) is 0 Å². The minimum atomic E-state index is 1.32. The molecule has 1 saturated heterocycles. The quantitative estimate of drug-likeness (QED) is 0.470. The second kappa shape index (κ2) is 6.01. The maximum atomic E-state index is 6.50. The predicted molar refractivity (Wildman–Crippen MR) is 37.3 cm³/mol. The average Bonchev–Trinajstić information content (AvgIpc) is 1.94. The summed E-state index contributed by atoms with van der Waals surface area (Å²) in [4.78, 5) is 2.39. The molecule has 1 heterocycles. The molecule has 1 rings (SSSR count). The number of hydrogen-bond acceptors (Lipinski definition) is 3. The summed E-state index contributed by atoms with van der Waals surface area (Å²) in [6.45, 7) is 2.64. The van der Waals surface area contributed by atoms with Gasteiger partial charge in [0.25, 0.3) is 0 Å². The fourth-order valence-electron chi connectivity index (χ4n) is 1.05. The molecule has 9 heavy (non-hydrogen) atoms. The van der Waals surface area contributed by atoms with E-state index in [1.54, 1.807) is 0 Å². The molecule has 0 unspecified atom stereocenters. The van der Waals surface area contributed by atoms with Gasteiger partial charge in [-0.25, -0.2) is 5.90 Å². The lowest BCUT2D eigenvalue weighted by Crippen LogP contribution is -2.24. The first-order valence-corrected chi connectivity index (χ1v) is 3.34. The highest BCUT2D eigenvalue weighted by Crippen LogP contribution is 2.04. The molecular formula is C6H16N2O. The summed E-state index contributed by atoms with van der Waals surface area (Å²) in [5.41, 5.74) is 0. The first kappa shape index (κ1) is 8.88. The van der Waals surface area contributed by atoms with Crippen LogP contribution in [0.4, 0.5) is 0 Å². The number of rotatable bonds is 0. The number of piperidine rings is 1. The lowest BCUT2D eigenvalue weighted by molar-refractivity contribution is 0.277. The Kier molecular flexibility index (Phi) is 5.93. The van der Waals surface area contributed by atoms with Crippen molar-refractivity contribution in [3.8, 4) is 0 Å². The standard InChI is InChI=1S/C6H13N.H3NO/c1-7-5-3-2-4-6-7;1-2/h2-6H2,1H3;2H,1H2. The lowest BCUT2D eigenvalue weighted by atomic mass is 10.1.